The first-order chi connectivity index (χ1) is 7.54. The van der Waals surface area contributed by atoms with Crippen LogP contribution in [0.2, 0.25) is 0 Å². The Morgan fingerprint density at radius 2 is 2.25 bits per heavy atom. The van der Waals surface area contributed by atoms with E-state index in [1.54, 1.807) is 0 Å². The van der Waals surface area contributed by atoms with Crippen LogP contribution in [0.5, 0.6) is 0 Å². The van der Waals surface area contributed by atoms with Gasteiger partial charge in [-0.2, -0.15) is 0 Å². The van der Waals surface area contributed by atoms with E-state index in [0.717, 1.165) is 19.4 Å². The molecule has 1 amide bonds. The smallest absolute Gasteiger partial charge is 0.242 e. The molecule has 2 saturated heterocycles. The monoisotopic (exact) mass is 228 g/mol. The molecule has 0 radical (unpaired) electrons. The lowest BCUT2D eigenvalue weighted by molar-refractivity contribution is -0.127. The molecule has 5 nitrogen and oxygen atoms in total. The van der Waals surface area contributed by atoms with Crippen molar-refractivity contribution < 1.29 is 14.3 Å². The Morgan fingerprint density at radius 3 is 2.81 bits per heavy atom. The zero-order valence-electron chi connectivity index (χ0n) is 9.75. The van der Waals surface area contributed by atoms with Gasteiger partial charge in [0.25, 0.3) is 0 Å². The first kappa shape index (κ1) is 11.8. The number of rotatable bonds is 3. The summed E-state index contributed by atoms with van der Waals surface area (Å²) in [5, 5.41) is 2.88. The number of carbonyl (C=O) groups excluding carboxylic acids is 1. The molecule has 0 aliphatic carbocycles. The number of nitrogens with one attached hydrogen (secondary N) is 1. The molecule has 0 aromatic carbocycles. The van der Waals surface area contributed by atoms with Crippen LogP contribution >= 0.6 is 0 Å². The van der Waals surface area contributed by atoms with E-state index in [4.69, 9.17) is 15.2 Å². The molecule has 2 aliphatic heterocycles. The lowest BCUT2D eigenvalue weighted by atomic mass is 9.98. The van der Waals surface area contributed by atoms with Gasteiger partial charge in [0, 0.05) is 19.8 Å². The van der Waals surface area contributed by atoms with Crippen LogP contribution in [0.1, 0.15) is 26.2 Å². The third kappa shape index (κ3) is 2.36. The largest absolute Gasteiger partial charge is 0.379 e. The summed E-state index contributed by atoms with van der Waals surface area (Å²) >= 11 is 0. The molecule has 0 spiro atoms. The van der Waals surface area contributed by atoms with E-state index in [2.05, 4.69) is 5.32 Å². The summed E-state index contributed by atoms with van der Waals surface area (Å²) < 4.78 is 10.8. The van der Waals surface area contributed by atoms with Gasteiger partial charge in [-0.15, -0.1) is 0 Å². The van der Waals surface area contributed by atoms with E-state index in [1.165, 1.54) is 0 Å². The van der Waals surface area contributed by atoms with Crippen molar-refractivity contribution in [3.05, 3.63) is 0 Å². The van der Waals surface area contributed by atoms with E-state index >= 15 is 0 Å². The lowest BCUT2D eigenvalue weighted by Gasteiger charge is -2.27. The predicted octanol–water partition coefficient (Wildman–Crippen LogP) is -0.210. The summed E-state index contributed by atoms with van der Waals surface area (Å²) in [4.78, 5) is 11.9. The quantitative estimate of drug-likeness (QED) is 0.701. The van der Waals surface area contributed by atoms with E-state index in [1.807, 2.05) is 6.92 Å². The Labute approximate surface area is 95.7 Å². The van der Waals surface area contributed by atoms with Gasteiger partial charge in [0.2, 0.25) is 5.91 Å². The maximum absolute atomic E-state index is 11.9. The Kier molecular flexibility index (Phi) is 3.19. The van der Waals surface area contributed by atoms with Crippen molar-refractivity contribution in [1.82, 2.24) is 5.32 Å². The molecule has 3 N–H and O–H groups in total. The zero-order valence-corrected chi connectivity index (χ0v) is 9.75. The number of carbonyl (C=O) groups is 1. The van der Waals surface area contributed by atoms with Crippen LogP contribution in [-0.2, 0) is 14.3 Å². The minimum Gasteiger partial charge on any atom is -0.379 e. The molecule has 2 unspecified atom stereocenters. The second-order valence-electron chi connectivity index (χ2n) is 5.04. The summed E-state index contributed by atoms with van der Waals surface area (Å²) in [7, 11) is 0. The van der Waals surface area contributed by atoms with Crippen LogP contribution in [0.15, 0.2) is 0 Å². The fourth-order valence-corrected chi connectivity index (χ4v) is 2.18. The molecule has 92 valence electrons. The summed E-state index contributed by atoms with van der Waals surface area (Å²) in [6, 6.07) is 0. The number of nitrogens with two attached hydrogens (primary N) is 1. The Morgan fingerprint density at radius 1 is 1.44 bits per heavy atom. The molecule has 2 fully saturated rings. The number of ether oxygens (including phenoxy) is 2. The van der Waals surface area contributed by atoms with Gasteiger partial charge in [0.1, 0.15) is 5.54 Å². The maximum Gasteiger partial charge on any atom is 0.242 e. The first-order valence-corrected chi connectivity index (χ1v) is 5.83. The highest BCUT2D eigenvalue weighted by atomic mass is 16.5. The van der Waals surface area contributed by atoms with Crippen LogP contribution in [0, 0.1) is 0 Å². The number of hydrogen-bond donors (Lipinski definition) is 2. The van der Waals surface area contributed by atoms with Crippen molar-refractivity contribution in [2.45, 2.75) is 37.3 Å². The number of hydrogen-bond acceptors (Lipinski definition) is 4. The Bertz CT molecular complexity index is 268. The summed E-state index contributed by atoms with van der Waals surface area (Å²) in [5.74, 6) is -0.123. The molecule has 0 aromatic rings. The van der Waals surface area contributed by atoms with Crippen LogP contribution in [0.4, 0.5) is 0 Å². The van der Waals surface area contributed by atoms with Crippen molar-refractivity contribution in [2.75, 3.05) is 26.4 Å². The van der Waals surface area contributed by atoms with Crippen LogP contribution in [0.3, 0.4) is 0 Å². The molecular weight excluding hydrogens is 208 g/mol. The van der Waals surface area contributed by atoms with Crippen LogP contribution in [-0.4, -0.2) is 43.4 Å². The summed E-state index contributed by atoms with van der Waals surface area (Å²) in [5.41, 5.74) is 4.90. The topological polar surface area (TPSA) is 73.6 Å². The van der Waals surface area contributed by atoms with Gasteiger partial charge in [-0.1, -0.05) is 0 Å². The molecule has 5 heteroatoms. The van der Waals surface area contributed by atoms with Gasteiger partial charge in [-0.3, -0.25) is 4.79 Å². The van der Waals surface area contributed by atoms with Crippen LogP contribution < -0.4 is 11.1 Å². The molecule has 0 aromatic heterocycles. The second kappa shape index (κ2) is 4.31. The van der Waals surface area contributed by atoms with Gasteiger partial charge < -0.3 is 20.5 Å². The van der Waals surface area contributed by atoms with Crippen molar-refractivity contribution in [3.8, 4) is 0 Å². The second-order valence-corrected chi connectivity index (χ2v) is 5.04. The average molecular weight is 228 g/mol. The molecular formula is C11H20N2O3. The normalized spacial score (nSPS) is 38.9. The SMILES string of the molecule is CC1(CNC(=O)C2(N)CCOC2)CCCO1. The third-order valence-corrected chi connectivity index (χ3v) is 3.43. The minimum atomic E-state index is -0.838. The fraction of sp³-hybridized carbons (Fsp3) is 0.909. The molecule has 2 aliphatic rings. The third-order valence-electron chi connectivity index (χ3n) is 3.43. The maximum atomic E-state index is 11.9. The number of amides is 1. The van der Waals surface area contributed by atoms with Gasteiger partial charge in [-0.25, -0.2) is 0 Å². The lowest BCUT2D eigenvalue weighted by Crippen LogP contribution is -2.56. The van der Waals surface area contributed by atoms with Gasteiger partial charge in [0.15, 0.2) is 0 Å². The molecule has 0 saturated carbocycles. The average Bonchev–Trinajstić information content (AvgIpc) is 2.86. The predicted molar refractivity (Wildman–Crippen MR) is 59.0 cm³/mol. The standard InChI is InChI=1S/C11H20N2O3/c1-10(3-2-5-16-10)7-13-9(14)11(12)4-6-15-8-11/h2-8,12H2,1H3,(H,13,14). The Hall–Kier alpha value is -0.650. The van der Waals surface area contributed by atoms with E-state index in [0.29, 0.717) is 26.2 Å². The zero-order chi connectivity index (χ0) is 11.6. The van der Waals surface area contributed by atoms with Gasteiger partial charge >= 0.3 is 0 Å². The summed E-state index contributed by atoms with van der Waals surface area (Å²) in [6.07, 6.45) is 2.64. The van der Waals surface area contributed by atoms with Gasteiger partial charge in [-0.05, 0) is 26.2 Å². The molecule has 2 rings (SSSR count). The van der Waals surface area contributed by atoms with E-state index < -0.39 is 5.54 Å². The Balaban J connectivity index is 1.83. The van der Waals surface area contributed by atoms with E-state index in [-0.39, 0.29) is 11.5 Å². The highest BCUT2D eigenvalue weighted by molar-refractivity contribution is 5.86. The van der Waals surface area contributed by atoms with Crippen molar-refractivity contribution >= 4 is 5.91 Å². The molecule has 0 bridgehead atoms. The highest BCUT2D eigenvalue weighted by Crippen LogP contribution is 2.24. The van der Waals surface area contributed by atoms with Crippen molar-refractivity contribution in [1.29, 1.82) is 0 Å². The van der Waals surface area contributed by atoms with Crippen molar-refractivity contribution in [3.63, 3.8) is 0 Å². The van der Waals surface area contributed by atoms with Crippen molar-refractivity contribution in [2.24, 2.45) is 5.73 Å². The van der Waals surface area contributed by atoms with E-state index in [9.17, 15) is 4.79 Å². The minimum absolute atomic E-state index is 0.123. The van der Waals surface area contributed by atoms with Crippen LogP contribution in [0.25, 0.3) is 0 Å². The molecule has 2 atom stereocenters. The summed E-state index contributed by atoms with van der Waals surface area (Å²) in [6.45, 7) is 4.22. The fourth-order valence-electron chi connectivity index (χ4n) is 2.18. The molecule has 16 heavy (non-hydrogen) atoms. The first-order valence-electron chi connectivity index (χ1n) is 5.83. The molecule has 2 heterocycles. The highest BCUT2D eigenvalue weighted by Gasteiger charge is 2.39. The van der Waals surface area contributed by atoms with Gasteiger partial charge in [0.05, 0.1) is 12.2 Å².